The predicted molar refractivity (Wildman–Crippen MR) is 145 cm³/mol. The van der Waals surface area contributed by atoms with Crippen molar-refractivity contribution < 1.29 is 18.8 Å². The van der Waals surface area contributed by atoms with E-state index in [0.29, 0.717) is 42.8 Å². The number of hydrogen-bond acceptors (Lipinski definition) is 8. The first kappa shape index (κ1) is 26.3. The Morgan fingerprint density at radius 2 is 1.87 bits per heavy atom. The van der Waals surface area contributed by atoms with Gasteiger partial charge in [-0.05, 0) is 63.8 Å². The highest BCUT2D eigenvalue weighted by molar-refractivity contribution is 6.07. The highest BCUT2D eigenvalue weighted by Crippen LogP contribution is 2.31. The summed E-state index contributed by atoms with van der Waals surface area (Å²) in [6.45, 7) is 8.37. The van der Waals surface area contributed by atoms with Crippen molar-refractivity contribution in [2.75, 3.05) is 37.6 Å². The number of imide groups is 1. The zero-order chi connectivity index (χ0) is 27.7. The molecule has 0 atom stereocenters. The lowest BCUT2D eigenvalue weighted by atomic mass is 9.87. The van der Waals surface area contributed by atoms with E-state index in [1.807, 2.05) is 25.1 Å². The van der Waals surface area contributed by atoms with Crippen LogP contribution in [0.5, 0.6) is 0 Å². The van der Waals surface area contributed by atoms with Crippen LogP contribution in [0.3, 0.4) is 0 Å². The largest absolute Gasteiger partial charge is 0.422 e. The number of piperidine rings is 1. The smallest absolute Gasteiger partial charge is 0.339 e. The zero-order valence-electron chi connectivity index (χ0n) is 22.4. The first-order valence-electron chi connectivity index (χ1n) is 13.3. The maximum atomic E-state index is 13.4. The number of aromatic nitrogens is 2. The highest BCUT2D eigenvalue weighted by atomic mass is 16.4. The number of benzene rings is 1. The van der Waals surface area contributed by atoms with Crippen molar-refractivity contribution in [1.29, 1.82) is 0 Å². The SMILES string of the molecule is CCN(CC)c1ccc2c(C)c(CCN3C(=O)NC4(CCN(C(=O)c5ccncn5)CC4)C3=O)c(=O)oc2c1. The van der Waals surface area contributed by atoms with Gasteiger partial charge in [0.2, 0.25) is 0 Å². The van der Waals surface area contributed by atoms with Gasteiger partial charge in [0.25, 0.3) is 11.8 Å². The topological polar surface area (TPSA) is 129 Å². The number of rotatable bonds is 7. The summed E-state index contributed by atoms with van der Waals surface area (Å²) < 4.78 is 5.67. The number of nitrogens with one attached hydrogen (secondary N) is 1. The monoisotopic (exact) mass is 532 g/mol. The summed E-state index contributed by atoms with van der Waals surface area (Å²) in [7, 11) is 0. The molecule has 2 aliphatic heterocycles. The van der Waals surface area contributed by atoms with Crippen LogP contribution in [-0.2, 0) is 11.2 Å². The minimum absolute atomic E-state index is 0.0602. The number of amides is 4. The van der Waals surface area contributed by atoms with Crippen LogP contribution in [0.2, 0.25) is 0 Å². The molecule has 204 valence electrons. The molecule has 0 saturated carbocycles. The number of nitrogens with zero attached hydrogens (tertiary/aromatic N) is 5. The third-order valence-electron chi connectivity index (χ3n) is 7.94. The Bertz CT molecular complexity index is 1480. The van der Waals surface area contributed by atoms with Crippen LogP contribution in [0.1, 0.15) is 48.3 Å². The minimum atomic E-state index is -1.05. The van der Waals surface area contributed by atoms with Crippen molar-refractivity contribution in [2.45, 2.75) is 45.6 Å². The maximum absolute atomic E-state index is 13.4. The summed E-state index contributed by atoms with van der Waals surface area (Å²) in [5.41, 5.74) is 1.51. The molecule has 1 N–H and O–H groups in total. The molecule has 0 unspecified atom stereocenters. The van der Waals surface area contributed by atoms with Gasteiger partial charge < -0.3 is 19.5 Å². The predicted octanol–water partition coefficient (Wildman–Crippen LogP) is 2.51. The van der Waals surface area contributed by atoms with Crippen molar-refractivity contribution in [3.05, 3.63) is 64.0 Å². The first-order chi connectivity index (χ1) is 18.8. The van der Waals surface area contributed by atoms with Crippen molar-refractivity contribution in [3.63, 3.8) is 0 Å². The van der Waals surface area contributed by atoms with Crippen LogP contribution in [0.15, 0.2) is 46.0 Å². The molecule has 5 rings (SSSR count). The van der Waals surface area contributed by atoms with Gasteiger partial charge in [-0.1, -0.05) is 0 Å². The number of anilines is 1. The molecule has 39 heavy (non-hydrogen) atoms. The molecular weight excluding hydrogens is 500 g/mol. The summed E-state index contributed by atoms with van der Waals surface area (Å²) in [5.74, 6) is -0.558. The fraction of sp³-hybridized carbons (Fsp3) is 0.429. The van der Waals surface area contributed by atoms with E-state index in [0.717, 1.165) is 29.7 Å². The number of carbonyl (C=O) groups is 3. The van der Waals surface area contributed by atoms with Gasteiger partial charge in [0.05, 0.1) is 0 Å². The molecule has 1 spiro atoms. The third kappa shape index (κ3) is 4.73. The van der Waals surface area contributed by atoms with Crippen LogP contribution in [-0.4, -0.2) is 75.9 Å². The van der Waals surface area contributed by atoms with E-state index < -0.39 is 17.2 Å². The van der Waals surface area contributed by atoms with E-state index in [1.54, 1.807) is 11.0 Å². The van der Waals surface area contributed by atoms with Crippen molar-refractivity contribution in [3.8, 4) is 0 Å². The standard InChI is InChI=1S/C28H32N6O5/c1-4-32(5-2)19-6-7-20-18(3)21(25(36)39-23(20)16-19)9-13-34-26(37)28(31-27(34)38)10-14-33(15-11-28)24(35)22-8-12-29-17-30-22/h6-8,12,16-17H,4-5,9-11,13-15H2,1-3H3,(H,31,38). The molecule has 4 amide bonds. The van der Waals surface area contributed by atoms with E-state index in [4.69, 9.17) is 4.42 Å². The van der Waals surface area contributed by atoms with E-state index in [9.17, 15) is 19.2 Å². The quantitative estimate of drug-likeness (QED) is 0.363. The average molecular weight is 533 g/mol. The third-order valence-corrected chi connectivity index (χ3v) is 7.94. The molecule has 11 heteroatoms. The second kappa shape index (κ2) is 10.5. The molecule has 3 aromatic rings. The van der Waals surface area contributed by atoms with Crippen LogP contribution in [0.25, 0.3) is 11.0 Å². The molecule has 2 fully saturated rings. The number of likely N-dealkylation sites (tertiary alicyclic amines) is 1. The van der Waals surface area contributed by atoms with Gasteiger partial charge in [-0.15, -0.1) is 0 Å². The number of aryl methyl sites for hydroxylation is 1. The number of urea groups is 1. The molecule has 2 aromatic heterocycles. The Morgan fingerprint density at radius 1 is 1.13 bits per heavy atom. The lowest BCUT2D eigenvalue weighted by Crippen LogP contribution is -2.56. The van der Waals surface area contributed by atoms with Crippen molar-refractivity contribution >= 4 is 34.5 Å². The van der Waals surface area contributed by atoms with Gasteiger partial charge in [0.1, 0.15) is 23.1 Å². The van der Waals surface area contributed by atoms with Gasteiger partial charge in [0, 0.05) is 61.6 Å². The van der Waals surface area contributed by atoms with Gasteiger partial charge in [-0.2, -0.15) is 0 Å². The van der Waals surface area contributed by atoms with E-state index in [1.165, 1.54) is 17.4 Å². The fourth-order valence-electron chi connectivity index (χ4n) is 5.57. The molecule has 0 aliphatic carbocycles. The minimum Gasteiger partial charge on any atom is -0.422 e. The number of hydrogen-bond donors (Lipinski definition) is 1. The Kier molecular flexibility index (Phi) is 7.07. The lowest BCUT2D eigenvalue weighted by Gasteiger charge is -2.37. The molecule has 11 nitrogen and oxygen atoms in total. The maximum Gasteiger partial charge on any atom is 0.339 e. The summed E-state index contributed by atoms with van der Waals surface area (Å²) in [6.07, 6.45) is 3.62. The fourth-order valence-corrected chi connectivity index (χ4v) is 5.57. The number of fused-ring (bicyclic) bond motifs is 1. The van der Waals surface area contributed by atoms with Gasteiger partial charge in [-0.25, -0.2) is 19.6 Å². The van der Waals surface area contributed by atoms with E-state index in [2.05, 4.69) is 34.0 Å². The van der Waals surface area contributed by atoms with E-state index in [-0.39, 0.29) is 24.8 Å². The summed E-state index contributed by atoms with van der Waals surface area (Å²) in [6, 6.07) is 6.90. The van der Waals surface area contributed by atoms with Crippen LogP contribution < -0.4 is 15.8 Å². The normalized spacial score (nSPS) is 16.7. The zero-order valence-corrected chi connectivity index (χ0v) is 22.4. The highest BCUT2D eigenvalue weighted by Gasteiger charge is 2.52. The van der Waals surface area contributed by atoms with Crippen LogP contribution in [0.4, 0.5) is 10.5 Å². The van der Waals surface area contributed by atoms with Crippen molar-refractivity contribution in [2.24, 2.45) is 0 Å². The Balaban J connectivity index is 1.28. The Morgan fingerprint density at radius 3 is 2.54 bits per heavy atom. The summed E-state index contributed by atoms with van der Waals surface area (Å²) >= 11 is 0. The number of carbonyl (C=O) groups excluding carboxylic acids is 3. The van der Waals surface area contributed by atoms with Gasteiger partial charge in [-0.3, -0.25) is 14.5 Å². The molecule has 1 aromatic carbocycles. The first-order valence-corrected chi connectivity index (χ1v) is 13.3. The average Bonchev–Trinajstić information content (AvgIpc) is 3.17. The summed E-state index contributed by atoms with van der Waals surface area (Å²) in [5, 5.41) is 3.69. The van der Waals surface area contributed by atoms with E-state index >= 15 is 0 Å². The molecular formula is C28H32N6O5. The molecule has 2 aliphatic rings. The Labute approximate surface area is 225 Å². The second-order valence-electron chi connectivity index (χ2n) is 9.95. The van der Waals surface area contributed by atoms with Gasteiger partial charge in [0.15, 0.2) is 0 Å². The molecule has 4 heterocycles. The van der Waals surface area contributed by atoms with Crippen LogP contribution in [0, 0.1) is 6.92 Å². The van der Waals surface area contributed by atoms with Crippen molar-refractivity contribution in [1.82, 2.24) is 25.1 Å². The van der Waals surface area contributed by atoms with Gasteiger partial charge >= 0.3 is 11.7 Å². The molecule has 0 bridgehead atoms. The van der Waals surface area contributed by atoms with Crippen LogP contribution >= 0.6 is 0 Å². The Hall–Kier alpha value is -4.28. The second-order valence-corrected chi connectivity index (χ2v) is 9.95. The molecule has 2 saturated heterocycles. The molecule has 0 radical (unpaired) electrons. The lowest BCUT2D eigenvalue weighted by molar-refractivity contribution is -0.132. The summed E-state index contributed by atoms with van der Waals surface area (Å²) in [4.78, 5) is 64.7.